The number of nitrogen functional groups attached to an aromatic ring is 1. The Morgan fingerprint density at radius 3 is 2.21 bits per heavy atom. The third-order valence-corrected chi connectivity index (χ3v) is 4.00. The number of nitrogens with zero attached hydrogens (tertiary/aromatic N) is 3. The first-order valence-electron chi connectivity index (χ1n) is 7.47. The summed E-state index contributed by atoms with van der Waals surface area (Å²) in [5.74, 6) is 0.212. The first kappa shape index (κ1) is 14.6. The van der Waals surface area contributed by atoms with Crippen molar-refractivity contribution in [2.24, 2.45) is 0 Å². The molecule has 4 nitrogen and oxygen atoms in total. The molecule has 0 spiro atoms. The van der Waals surface area contributed by atoms with Crippen molar-refractivity contribution in [2.75, 3.05) is 5.73 Å². The molecule has 4 rings (SSSR count). The zero-order valence-corrected chi connectivity index (χ0v) is 13.4. The van der Waals surface area contributed by atoms with Crippen LogP contribution < -0.4 is 5.73 Å². The van der Waals surface area contributed by atoms with Crippen LogP contribution in [0.3, 0.4) is 0 Å². The molecule has 2 heterocycles. The molecule has 2 aromatic heterocycles. The largest absolute Gasteiger partial charge is 0.368 e. The van der Waals surface area contributed by atoms with Gasteiger partial charge >= 0.3 is 0 Å². The summed E-state index contributed by atoms with van der Waals surface area (Å²) < 4.78 is 0. The van der Waals surface area contributed by atoms with Crippen LogP contribution in [-0.2, 0) is 0 Å². The molecular weight excluding hydrogens is 320 g/mol. The topological polar surface area (TPSA) is 64.7 Å². The fourth-order valence-electron chi connectivity index (χ4n) is 2.76. The summed E-state index contributed by atoms with van der Waals surface area (Å²) in [6, 6.07) is 21.7. The molecule has 0 aliphatic rings. The summed E-state index contributed by atoms with van der Waals surface area (Å²) in [6.45, 7) is 0. The van der Waals surface area contributed by atoms with Gasteiger partial charge < -0.3 is 5.73 Å². The minimum Gasteiger partial charge on any atom is -0.368 e. The van der Waals surface area contributed by atoms with Crippen LogP contribution in [0.1, 0.15) is 0 Å². The highest BCUT2D eigenvalue weighted by atomic mass is 35.5. The number of hydrogen-bond acceptors (Lipinski definition) is 4. The highest BCUT2D eigenvalue weighted by molar-refractivity contribution is 6.29. The second kappa shape index (κ2) is 5.91. The molecule has 0 fully saturated rings. The van der Waals surface area contributed by atoms with Crippen LogP contribution in [0, 0.1) is 0 Å². The molecule has 2 aromatic carbocycles. The third-order valence-electron chi connectivity index (χ3n) is 3.79. The number of halogens is 1. The number of aromatic nitrogens is 3. The lowest BCUT2D eigenvalue weighted by atomic mass is 9.97. The number of pyridine rings is 1. The standard InChI is InChI=1S/C19H13ClN4/c20-16-11-10-15-18(23-16)17(24-19(21)22-15)14-9-5-4-8-13(14)12-6-2-1-3-7-12/h1-11H,(H2,21,22,24). The molecule has 0 atom stereocenters. The summed E-state index contributed by atoms with van der Waals surface area (Å²) in [4.78, 5) is 13.1. The van der Waals surface area contributed by atoms with Crippen LogP contribution >= 0.6 is 11.6 Å². The Balaban J connectivity index is 2.04. The second-order valence-electron chi connectivity index (χ2n) is 5.34. The van der Waals surface area contributed by atoms with Gasteiger partial charge in [-0.3, -0.25) is 0 Å². The number of hydrogen-bond donors (Lipinski definition) is 1. The predicted octanol–water partition coefficient (Wildman–Crippen LogP) is 4.59. The van der Waals surface area contributed by atoms with Gasteiger partial charge in [-0.1, -0.05) is 66.2 Å². The molecule has 0 unspecified atom stereocenters. The van der Waals surface area contributed by atoms with Crippen LogP contribution in [0.4, 0.5) is 5.95 Å². The van der Waals surface area contributed by atoms with Crippen LogP contribution in [0.15, 0.2) is 66.7 Å². The predicted molar refractivity (Wildman–Crippen MR) is 97.6 cm³/mol. The average molecular weight is 333 g/mol. The number of benzene rings is 2. The minimum atomic E-state index is 0.212. The van der Waals surface area contributed by atoms with E-state index in [-0.39, 0.29) is 5.95 Å². The Bertz CT molecular complexity index is 1030. The molecule has 4 aromatic rings. The van der Waals surface area contributed by atoms with Crippen molar-refractivity contribution >= 4 is 28.6 Å². The van der Waals surface area contributed by atoms with Gasteiger partial charge in [0.1, 0.15) is 16.4 Å². The molecule has 2 N–H and O–H groups in total. The van der Waals surface area contributed by atoms with E-state index in [1.54, 1.807) is 12.1 Å². The summed E-state index contributed by atoms with van der Waals surface area (Å²) in [7, 11) is 0. The Kier molecular flexibility index (Phi) is 3.59. The van der Waals surface area contributed by atoms with Crippen LogP contribution in [0.2, 0.25) is 5.15 Å². The van der Waals surface area contributed by atoms with Crippen LogP contribution in [0.5, 0.6) is 0 Å². The zero-order valence-electron chi connectivity index (χ0n) is 12.6. The van der Waals surface area contributed by atoms with Gasteiger partial charge in [0.2, 0.25) is 5.95 Å². The second-order valence-corrected chi connectivity index (χ2v) is 5.73. The van der Waals surface area contributed by atoms with Gasteiger partial charge in [0.05, 0.1) is 5.52 Å². The van der Waals surface area contributed by atoms with E-state index in [4.69, 9.17) is 17.3 Å². The van der Waals surface area contributed by atoms with Gasteiger partial charge in [0, 0.05) is 5.56 Å². The van der Waals surface area contributed by atoms with Gasteiger partial charge in [0.25, 0.3) is 0 Å². The average Bonchev–Trinajstić information content (AvgIpc) is 2.62. The molecule has 0 aliphatic carbocycles. The van der Waals surface area contributed by atoms with E-state index in [9.17, 15) is 0 Å². The lowest BCUT2D eigenvalue weighted by Crippen LogP contribution is -2.00. The van der Waals surface area contributed by atoms with E-state index in [0.717, 1.165) is 16.7 Å². The van der Waals surface area contributed by atoms with E-state index in [0.29, 0.717) is 21.9 Å². The highest BCUT2D eigenvalue weighted by Crippen LogP contribution is 2.34. The molecule has 0 amide bonds. The highest BCUT2D eigenvalue weighted by Gasteiger charge is 2.14. The first-order valence-corrected chi connectivity index (χ1v) is 7.85. The van der Waals surface area contributed by atoms with Gasteiger partial charge in [-0.2, -0.15) is 0 Å². The number of nitrogens with two attached hydrogens (primary N) is 1. The van der Waals surface area contributed by atoms with Crippen molar-refractivity contribution in [2.45, 2.75) is 0 Å². The summed E-state index contributed by atoms with van der Waals surface area (Å²) in [5, 5.41) is 0.398. The summed E-state index contributed by atoms with van der Waals surface area (Å²) >= 11 is 6.08. The maximum Gasteiger partial charge on any atom is 0.221 e. The zero-order chi connectivity index (χ0) is 16.5. The quantitative estimate of drug-likeness (QED) is 0.545. The summed E-state index contributed by atoms with van der Waals surface area (Å²) in [5.41, 5.74) is 11.0. The van der Waals surface area contributed by atoms with E-state index in [1.165, 1.54) is 0 Å². The van der Waals surface area contributed by atoms with Crippen molar-refractivity contribution in [1.29, 1.82) is 0 Å². The van der Waals surface area contributed by atoms with Crippen molar-refractivity contribution in [1.82, 2.24) is 15.0 Å². The Morgan fingerprint density at radius 1 is 0.708 bits per heavy atom. The van der Waals surface area contributed by atoms with E-state index < -0.39 is 0 Å². The Morgan fingerprint density at radius 2 is 1.42 bits per heavy atom. The number of anilines is 1. The third kappa shape index (κ3) is 2.57. The van der Waals surface area contributed by atoms with Gasteiger partial charge in [0.15, 0.2) is 0 Å². The lowest BCUT2D eigenvalue weighted by molar-refractivity contribution is 1.21. The number of rotatable bonds is 2. The van der Waals surface area contributed by atoms with Crippen molar-refractivity contribution in [3.8, 4) is 22.4 Å². The normalized spacial score (nSPS) is 10.9. The SMILES string of the molecule is Nc1nc(-c2ccccc2-c2ccccc2)c2nc(Cl)ccc2n1. The molecule has 0 aliphatic heterocycles. The van der Waals surface area contributed by atoms with Crippen molar-refractivity contribution < 1.29 is 0 Å². The smallest absolute Gasteiger partial charge is 0.221 e. The Labute approximate surface area is 144 Å². The molecule has 0 saturated carbocycles. The van der Waals surface area contributed by atoms with Crippen LogP contribution in [-0.4, -0.2) is 15.0 Å². The van der Waals surface area contributed by atoms with E-state index >= 15 is 0 Å². The number of fused-ring (bicyclic) bond motifs is 1. The van der Waals surface area contributed by atoms with E-state index in [1.807, 2.05) is 36.4 Å². The van der Waals surface area contributed by atoms with Gasteiger partial charge in [-0.15, -0.1) is 0 Å². The Hall–Kier alpha value is -2.98. The monoisotopic (exact) mass is 332 g/mol. The van der Waals surface area contributed by atoms with Crippen LogP contribution in [0.25, 0.3) is 33.4 Å². The fraction of sp³-hybridized carbons (Fsp3) is 0. The molecule has 0 saturated heterocycles. The van der Waals surface area contributed by atoms with Gasteiger partial charge in [-0.05, 0) is 23.3 Å². The van der Waals surface area contributed by atoms with Crippen molar-refractivity contribution in [3.63, 3.8) is 0 Å². The maximum absolute atomic E-state index is 6.08. The first-order chi connectivity index (χ1) is 11.7. The molecular formula is C19H13ClN4. The molecule has 24 heavy (non-hydrogen) atoms. The maximum atomic E-state index is 6.08. The lowest BCUT2D eigenvalue weighted by Gasteiger charge is -2.11. The molecule has 0 radical (unpaired) electrons. The molecule has 116 valence electrons. The van der Waals surface area contributed by atoms with Crippen molar-refractivity contribution in [3.05, 3.63) is 71.9 Å². The van der Waals surface area contributed by atoms with Gasteiger partial charge in [-0.25, -0.2) is 15.0 Å². The molecule has 0 bridgehead atoms. The minimum absolute atomic E-state index is 0.212. The van der Waals surface area contributed by atoms with E-state index in [2.05, 4.69) is 33.2 Å². The summed E-state index contributed by atoms with van der Waals surface area (Å²) in [6.07, 6.45) is 0. The molecule has 5 heteroatoms. The fourth-order valence-corrected chi connectivity index (χ4v) is 2.90.